The van der Waals surface area contributed by atoms with Gasteiger partial charge in [-0.3, -0.25) is 9.69 Å². The van der Waals surface area contributed by atoms with Crippen LogP contribution in [0.5, 0.6) is 11.5 Å². The fourth-order valence-electron chi connectivity index (χ4n) is 2.24. The van der Waals surface area contributed by atoms with Crippen LogP contribution in [0.4, 0.5) is 0 Å². The van der Waals surface area contributed by atoms with Crippen LogP contribution in [-0.2, 0) is 4.79 Å². The average Bonchev–Trinajstić information content (AvgIpc) is 2.46. The number of carboxylic acids is 1. The standard InChI is InChI=1S/C15H21NO4/c1-3-16(8-11(2)15(17)18)9-12-10-19-13-6-4-5-7-14(13)20-12/h4-7,11-12H,3,8-10H2,1-2H3,(H,17,18). The van der Waals surface area contributed by atoms with Crippen molar-refractivity contribution in [1.82, 2.24) is 4.90 Å². The van der Waals surface area contributed by atoms with Crippen molar-refractivity contribution in [2.75, 3.05) is 26.2 Å². The molecular formula is C15H21NO4. The van der Waals surface area contributed by atoms with Crippen LogP contribution in [0.2, 0.25) is 0 Å². The molecule has 2 atom stereocenters. The van der Waals surface area contributed by atoms with E-state index in [-0.39, 0.29) is 12.0 Å². The van der Waals surface area contributed by atoms with Gasteiger partial charge in [0.25, 0.3) is 0 Å². The van der Waals surface area contributed by atoms with Gasteiger partial charge in [-0.2, -0.15) is 0 Å². The molecule has 0 spiro atoms. The lowest BCUT2D eigenvalue weighted by Gasteiger charge is -2.31. The zero-order valence-corrected chi connectivity index (χ0v) is 11.9. The van der Waals surface area contributed by atoms with Gasteiger partial charge < -0.3 is 14.6 Å². The number of para-hydroxylation sites is 2. The highest BCUT2D eigenvalue weighted by Crippen LogP contribution is 2.31. The van der Waals surface area contributed by atoms with Gasteiger partial charge in [-0.1, -0.05) is 26.0 Å². The molecule has 1 aliphatic rings. The summed E-state index contributed by atoms with van der Waals surface area (Å²) in [5.74, 6) is 0.373. The van der Waals surface area contributed by atoms with Crippen molar-refractivity contribution in [3.8, 4) is 11.5 Å². The molecule has 1 N–H and O–H groups in total. The monoisotopic (exact) mass is 279 g/mol. The molecule has 110 valence electrons. The predicted molar refractivity (Wildman–Crippen MR) is 75.3 cm³/mol. The third-order valence-corrected chi connectivity index (χ3v) is 3.43. The number of nitrogens with zero attached hydrogens (tertiary/aromatic N) is 1. The van der Waals surface area contributed by atoms with Crippen LogP contribution < -0.4 is 9.47 Å². The van der Waals surface area contributed by atoms with E-state index < -0.39 is 5.97 Å². The average molecular weight is 279 g/mol. The largest absolute Gasteiger partial charge is 0.486 e. The molecule has 20 heavy (non-hydrogen) atoms. The second-order valence-corrected chi connectivity index (χ2v) is 5.09. The first kappa shape index (κ1) is 14.7. The maximum Gasteiger partial charge on any atom is 0.307 e. The quantitative estimate of drug-likeness (QED) is 0.861. The minimum Gasteiger partial charge on any atom is -0.486 e. The second-order valence-electron chi connectivity index (χ2n) is 5.09. The van der Waals surface area contributed by atoms with E-state index in [0.29, 0.717) is 19.7 Å². The van der Waals surface area contributed by atoms with E-state index in [9.17, 15) is 4.79 Å². The topological polar surface area (TPSA) is 59.0 Å². The molecule has 0 saturated carbocycles. The fourth-order valence-corrected chi connectivity index (χ4v) is 2.24. The number of likely N-dealkylation sites (N-methyl/N-ethyl adjacent to an activating group) is 1. The Morgan fingerprint density at radius 3 is 2.80 bits per heavy atom. The lowest BCUT2D eigenvalue weighted by Crippen LogP contribution is -2.43. The first-order valence-electron chi connectivity index (χ1n) is 6.93. The SMILES string of the molecule is CCN(CC1COc2ccccc2O1)CC(C)C(=O)O. The van der Waals surface area contributed by atoms with Gasteiger partial charge in [0.1, 0.15) is 12.7 Å². The maximum absolute atomic E-state index is 10.9. The van der Waals surface area contributed by atoms with Crippen molar-refractivity contribution in [3.63, 3.8) is 0 Å². The van der Waals surface area contributed by atoms with Crippen LogP contribution in [0.15, 0.2) is 24.3 Å². The Morgan fingerprint density at radius 2 is 2.15 bits per heavy atom. The molecule has 1 aliphatic heterocycles. The van der Waals surface area contributed by atoms with Crippen molar-refractivity contribution in [2.45, 2.75) is 20.0 Å². The molecule has 0 aromatic heterocycles. The summed E-state index contributed by atoms with van der Waals surface area (Å²) >= 11 is 0. The Bertz CT molecular complexity index is 463. The first-order valence-corrected chi connectivity index (χ1v) is 6.93. The summed E-state index contributed by atoms with van der Waals surface area (Å²) in [5, 5.41) is 8.98. The number of rotatable bonds is 6. The van der Waals surface area contributed by atoms with E-state index in [0.717, 1.165) is 18.0 Å². The number of aliphatic carboxylic acids is 1. The molecule has 0 aliphatic carbocycles. The first-order chi connectivity index (χ1) is 9.60. The van der Waals surface area contributed by atoms with Crippen molar-refractivity contribution < 1.29 is 19.4 Å². The molecule has 1 aromatic carbocycles. The molecule has 2 rings (SSSR count). The van der Waals surface area contributed by atoms with Crippen molar-refractivity contribution in [3.05, 3.63) is 24.3 Å². The van der Waals surface area contributed by atoms with Crippen molar-refractivity contribution in [1.29, 1.82) is 0 Å². The Morgan fingerprint density at radius 1 is 1.45 bits per heavy atom. The lowest BCUT2D eigenvalue weighted by atomic mass is 10.1. The molecule has 0 amide bonds. The molecule has 0 fully saturated rings. The molecule has 1 heterocycles. The molecule has 0 radical (unpaired) electrons. The highest BCUT2D eigenvalue weighted by molar-refractivity contribution is 5.69. The summed E-state index contributed by atoms with van der Waals surface area (Å²) in [4.78, 5) is 13.0. The van der Waals surface area contributed by atoms with E-state index in [1.165, 1.54) is 0 Å². The van der Waals surface area contributed by atoms with Gasteiger partial charge in [0.2, 0.25) is 0 Å². The number of hydrogen-bond donors (Lipinski definition) is 1. The summed E-state index contributed by atoms with van der Waals surface area (Å²) in [6, 6.07) is 7.59. The van der Waals surface area contributed by atoms with Gasteiger partial charge in [0.05, 0.1) is 5.92 Å². The molecule has 5 nitrogen and oxygen atoms in total. The zero-order valence-electron chi connectivity index (χ0n) is 11.9. The summed E-state index contributed by atoms with van der Waals surface area (Å²) in [6.45, 7) is 6.22. The summed E-state index contributed by atoms with van der Waals surface area (Å²) in [6.07, 6.45) is -0.0640. The van der Waals surface area contributed by atoms with E-state index in [1.54, 1.807) is 6.92 Å². The predicted octanol–water partition coefficient (Wildman–Crippen LogP) is 1.87. The van der Waals surface area contributed by atoms with Gasteiger partial charge in [0, 0.05) is 13.1 Å². The Kier molecular flexibility index (Phi) is 4.84. The Balaban J connectivity index is 1.91. The number of benzene rings is 1. The molecule has 5 heteroatoms. The minimum absolute atomic E-state index is 0.0640. The Labute approximate surface area is 119 Å². The molecule has 0 saturated heterocycles. The number of carbonyl (C=O) groups is 1. The van der Waals surface area contributed by atoms with Crippen LogP contribution in [0.1, 0.15) is 13.8 Å². The maximum atomic E-state index is 10.9. The Hall–Kier alpha value is -1.75. The van der Waals surface area contributed by atoms with Crippen LogP contribution in [0, 0.1) is 5.92 Å². The van der Waals surface area contributed by atoms with Gasteiger partial charge >= 0.3 is 5.97 Å². The van der Waals surface area contributed by atoms with Crippen LogP contribution >= 0.6 is 0 Å². The fraction of sp³-hybridized carbons (Fsp3) is 0.533. The van der Waals surface area contributed by atoms with Crippen LogP contribution in [-0.4, -0.2) is 48.3 Å². The molecule has 1 aromatic rings. The molecule has 2 unspecified atom stereocenters. The van der Waals surface area contributed by atoms with Gasteiger partial charge in [-0.15, -0.1) is 0 Å². The van der Waals surface area contributed by atoms with Gasteiger partial charge in [0.15, 0.2) is 11.5 Å². The van der Waals surface area contributed by atoms with Crippen LogP contribution in [0.25, 0.3) is 0 Å². The summed E-state index contributed by atoms with van der Waals surface area (Å²) in [7, 11) is 0. The highest BCUT2D eigenvalue weighted by atomic mass is 16.6. The van der Waals surface area contributed by atoms with E-state index in [1.807, 2.05) is 31.2 Å². The van der Waals surface area contributed by atoms with Gasteiger partial charge in [-0.25, -0.2) is 0 Å². The summed E-state index contributed by atoms with van der Waals surface area (Å²) < 4.78 is 11.6. The van der Waals surface area contributed by atoms with E-state index >= 15 is 0 Å². The second kappa shape index (κ2) is 6.61. The normalized spacial score (nSPS) is 18.9. The van der Waals surface area contributed by atoms with Crippen molar-refractivity contribution >= 4 is 5.97 Å². The van der Waals surface area contributed by atoms with Gasteiger partial charge in [-0.05, 0) is 18.7 Å². The lowest BCUT2D eigenvalue weighted by molar-refractivity contribution is -0.141. The summed E-state index contributed by atoms with van der Waals surface area (Å²) in [5.41, 5.74) is 0. The smallest absolute Gasteiger partial charge is 0.307 e. The third-order valence-electron chi connectivity index (χ3n) is 3.43. The van der Waals surface area contributed by atoms with E-state index in [4.69, 9.17) is 14.6 Å². The number of fused-ring (bicyclic) bond motifs is 1. The van der Waals surface area contributed by atoms with Crippen LogP contribution in [0.3, 0.4) is 0 Å². The van der Waals surface area contributed by atoms with E-state index in [2.05, 4.69) is 4.90 Å². The van der Waals surface area contributed by atoms with Crippen molar-refractivity contribution in [2.24, 2.45) is 5.92 Å². The molecular weight excluding hydrogens is 258 g/mol. The number of hydrogen-bond acceptors (Lipinski definition) is 4. The number of ether oxygens (including phenoxy) is 2. The third kappa shape index (κ3) is 3.63. The number of carboxylic acid groups (broad SMARTS) is 1. The molecule has 0 bridgehead atoms. The highest BCUT2D eigenvalue weighted by Gasteiger charge is 2.24. The zero-order chi connectivity index (χ0) is 14.5. The minimum atomic E-state index is -0.769.